The summed E-state index contributed by atoms with van der Waals surface area (Å²) in [6.07, 6.45) is 0. The molecule has 0 bridgehead atoms. The molecule has 0 aliphatic heterocycles. The van der Waals surface area contributed by atoms with Gasteiger partial charge in [0, 0.05) is 25.9 Å². The minimum atomic E-state index is -0.0836. The molecular weight excluding hydrogens is 290 g/mol. The molecule has 20 heavy (non-hydrogen) atoms. The van der Waals surface area contributed by atoms with Crippen molar-refractivity contribution in [1.29, 1.82) is 0 Å². The lowest BCUT2D eigenvalue weighted by Gasteiger charge is -2.20. The second-order valence-electron chi connectivity index (χ2n) is 5.66. The fraction of sp³-hybridized carbons (Fsp3) is 0.857. The van der Waals surface area contributed by atoms with E-state index in [-0.39, 0.29) is 23.9 Å². The Balaban J connectivity index is -0.000000297. The first kappa shape index (κ1) is 24.8. The van der Waals surface area contributed by atoms with Crippen LogP contribution in [0.5, 0.6) is 0 Å². The monoisotopic (exact) mass is 324 g/mol. The lowest BCUT2D eigenvalue weighted by Crippen LogP contribution is -2.47. The van der Waals surface area contributed by atoms with Crippen LogP contribution in [0.15, 0.2) is 0 Å². The summed E-state index contributed by atoms with van der Waals surface area (Å²) < 4.78 is 0. The van der Waals surface area contributed by atoms with Crippen LogP contribution in [0.1, 0.15) is 27.7 Å². The Labute approximate surface area is 128 Å². The van der Waals surface area contributed by atoms with Crippen LogP contribution in [-0.4, -0.2) is 63.9 Å². The molecule has 2 atom stereocenters. The summed E-state index contributed by atoms with van der Waals surface area (Å²) in [4.78, 5) is 21.2. The Kier molecular flexibility index (Phi) is 18.8. The third-order valence-corrected chi connectivity index (χ3v) is 1.61. The minimum Gasteiger partial charge on any atom is -0.352 e. The maximum absolute atomic E-state index is 10.6. The van der Waals surface area contributed by atoms with Crippen molar-refractivity contribution in [3.8, 4) is 0 Å². The number of amides is 2. The second kappa shape index (κ2) is 15.2. The normalized spacial score (nSPS) is 12.4. The van der Waals surface area contributed by atoms with Crippen molar-refractivity contribution in [2.45, 2.75) is 39.8 Å². The summed E-state index contributed by atoms with van der Waals surface area (Å²) in [7, 11) is 0.759. The number of carbonyl (C=O) groups is 2. The SMILES string of the molecule is CC(=O)N[C@H](C)[C@@H](C)NC(C)=O.CP(C)C.CP(C)C. The summed E-state index contributed by atoms with van der Waals surface area (Å²) in [6.45, 7) is 20.0. The molecule has 0 aromatic rings. The van der Waals surface area contributed by atoms with E-state index in [9.17, 15) is 9.59 Å². The van der Waals surface area contributed by atoms with Gasteiger partial charge in [0.15, 0.2) is 0 Å². The largest absolute Gasteiger partial charge is 0.352 e. The van der Waals surface area contributed by atoms with Crippen LogP contribution < -0.4 is 10.6 Å². The van der Waals surface area contributed by atoms with Gasteiger partial charge < -0.3 is 10.6 Å². The number of hydrogen-bond donors (Lipinski definition) is 2. The van der Waals surface area contributed by atoms with Gasteiger partial charge in [0.1, 0.15) is 0 Å². The Hall–Kier alpha value is -0.200. The van der Waals surface area contributed by atoms with Crippen LogP contribution in [0.25, 0.3) is 0 Å². The molecule has 0 saturated carbocycles. The molecule has 0 aliphatic carbocycles. The summed E-state index contributed by atoms with van der Waals surface area (Å²) in [6, 6.07) is -0.0715. The lowest BCUT2D eigenvalue weighted by atomic mass is 10.1. The average Bonchev–Trinajstić information content (AvgIpc) is 2.12. The van der Waals surface area contributed by atoms with Gasteiger partial charge in [-0.15, -0.1) is 15.8 Å². The van der Waals surface area contributed by atoms with Gasteiger partial charge in [-0.25, -0.2) is 0 Å². The molecule has 2 amide bonds. The molecule has 0 rings (SSSR count). The zero-order valence-corrected chi connectivity index (χ0v) is 16.7. The molecule has 2 N–H and O–H groups in total. The first-order chi connectivity index (χ1) is 8.89. The minimum absolute atomic E-state index is 0.0357. The van der Waals surface area contributed by atoms with E-state index in [1.165, 1.54) is 13.8 Å². The molecular formula is C14H34N2O2P2. The van der Waals surface area contributed by atoms with Gasteiger partial charge in [-0.3, -0.25) is 9.59 Å². The Morgan fingerprint density at radius 2 is 0.850 bits per heavy atom. The molecule has 0 unspecified atom stereocenters. The molecule has 4 nitrogen and oxygen atoms in total. The molecule has 0 aromatic heterocycles. The van der Waals surface area contributed by atoms with E-state index in [0.717, 1.165) is 0 Å². The van der Waals surface area contributed by atoms with E-state index in [1.807, 2.05) is 13.8 Å². The maximum Gasteiger partial charge on any atom is 0.217 e. The van der Waals surface area contributed by atoms with Gasteiger partial charge in [0.05, 0.1) is 0 Å². The molecule has 0 spiro atoms. The number of carbonyl (C=O) groups excluding carboxylic acids is 2. The van der Waals surface area contributed by atoms with E-state index in [1.54, 1.807) is 0 Å². The Bertz CT molecular complexity index is 228. The van der Waals surface area contributed by atoms with Crippen LogP contribution in [0, 0.1) is 0 Å². The first-order valence-electron chi connectivity index (χ1n) is 6.66. The van der Waals surface area contributed by atoms with Crippen LogP contribution >= 0.6 is 15.8 Å². The molecule has 0 heterocycles. The molecule has 0 saturated heterocycles. The highest BCUT2D eigenvalue weighted by Gasteiger charge is 2.12. The highest BCUT2D eigenvalue weighted by atomic mass is 31.1. The van der Waals surface area contributed by atoms with Crippen molar-refractivity contribution in [3.05, 3.63) is 0 Å². The van der Waals surface area contributed by atoms with Crippen molar-refractivity contribution in [2.75, 3.05) is 40.0 Å². The van der Waals surface area contributed by atoms with Crippen molar-refractivity contribution in [1.82, 2.24) is 10.6 Å². The molecule has 0 fully saturated rings. The first-order valence-corrected chi connectivity index (χ1v) is 12.0. The topological polar surface area (TPSA) is 58.2 Å². The van der Waals surface area contributed by atoms with Gasteiger partial charge in [-0.05, 0) is 53.8 Å². The fourth-order valence-corrected chi connectivity index (χ4v) is 0.891. The van der Waals surface area contributed by atoms with E-state index >= 15 is 0 Å². The van der Waals surface area contributed by atoms with Gasteiger partial charge in [-0.2, -0.15) is 0 Å². The molecule has 0 aromatic carbocycles. The lowest BCUT2D eigenvalue weighted by molar-refractivity contribution is -0.122. The van der Waals surface area contributed by atoms with Crippen LogP contribution in [0.4, 0.5) is 0 Å². The molecule has 122 valence electrons. The van der Waals surface area contributed by atoms with Crippen molar-refractivity contribution >= 4 is 27.7 Å². The predicted molar refractivity (Wildman–Crippen MR) is 95.9 cm³/mol. The summed E-state index contributed by atoms with van der Waals surface area (Å²) in [5.41, 5.74) is 0. The smallest absolute Gasteiger partial charge is 0.217 e. The number of hydrogen-bond acceptors (Lipinski definition) is 2. The fourth-order valence-electron chi connectivity index (χ4n) is 0.891. The quantitative estimate of drug-likeness (QED) is 0.784. The van der Waals surface area contributed by atoms with Crippen LogP contribution in [0.3, 0.4) is 0 Å². The summed E-state index contributed by atoms with van der Waals surface area (Å²) in [5, 5.41) is 5.39. The average molecular weight is 324 g/mol. The zero-order valence-electron chi connectivity index (χ0n) is 14.9. The second-order valence-corrected chi connectivity index (χ2v) is 11.0. The zero-order chi connectivity index (χ0) is 16.9. The van der Waals surface area contributed by atoms with Crippen LogP contribution in [-0.2, 0) is 9.59 Å². The number of nitrogens with one attached hydrogen (secondary N) is 2. The van der Waals surface area contributed by atoms with E-state index in [0.29, 0.717) is 15.8 Å². The van der Waals surface area contributed by atoms with E-state index in [2.05, 4.69) is 50.6 Å². The summed E-state index contributed by atoms with van der Waals surface area (Å²) in [5.74, 6) is -0.167. The van der Waals surface area contributed by atoms with Crippen LogP contribution in [0.2, 0.25) is 0 Å². The number of rotatable bonds is 3. The van der Waals surface area contributed by atoms with Gasteiger partial charge in [0.25, 0.3) is 0 Å². The van der Waals surface area contributed by atoms with Crippen molar-refractivity contribution in [2.24, 2.45) is 0 Å². The maximum atomic E-state index is 10.6. The standard InChI is InChI=1S/C8H16N2O2.2C3H9P/c1-5(9-7(3)11)6(2)10-8(4)12;2*1-4(2)3/h5-6H,1-4H3,(H,9,11)(H,10,12);2*1-3H3/t5-,6-;;/m1../s1. The van der Waals surface area contributed by atoms with Gasteiger partial charge >= 0.3 is 0 Å². The molecule has 0 radical (unpaired) electrons. The molecule has 6 heteroatoms. The van der Waals surface area contributed by atoms with E-state index < -0.39 is 0 Å². The van der Waals surface area contributed by atoms with Crippen molar-refractivity contribution < 1.29 is 9.59 Å². The Morgan fingerprint density at radius 1 is 0.700 bits per heavy atom. The summed E-state index contributed by atoms with van der Waals surface area (Å²) >= 11 is 0. The third-order valence-electron chi connectivity index (χ3n) is 1.61. The third kappa shape index (κ3) is 36.1. The van der Waals surface area contributed by atoms with Gasteiger partial charge in [-0.1, -0.05) is 0 Å². The molecule has 0 aliphatic rings. The highest BCUT2D eigenvalue weighted by molar-refractivity contribution is 7.55. The highest BCUT2D eigenvalue weighted by Crippen LogP contribution is 2.15. The Morgan fingerprint density at radius 3 is 0.950 bits per heavy atom. The van der Waals surface area contributed by atoms with E-state index in [4.69, 9.17) is 0 Å². The van der Waals surface area contributed by atoms with Gasteiger partial charge in [0.2, 0.25) is 11.8 Å². The van der Waals surface area contributed by atoms with Crippen molar-refractivity contribution in [3.63, 3.8) is 0 Å². The predicted octanol–water partition coefficient (Wildman–Crippen LogP) is 2.75.